The van der Waals surface area contributed by atoms with E-state index in [0.29, 0.717) is 13.2 Å². The normalized spacial score (nSPS) is 12.0. The van der Waals surface area contributed by atoms with Gasteiger partial charge >= 0.3 is 5.97 Å². The molecule has 0 radical (unpaired) electrons. The zero-order valence-electron chi connectivity index (χ0n) is 8.67. The maximum Gasteiger partial charge on any atom is 0.315 e. The fraction of sp³-hybridized carbons (Fsp3) is 0.700. The molecule has 0 atom stereocenters. The van der Waals surface area contributed by atoms with Gasteiger partial charge in [-0.25, -0.2) is 0 Å². The molecule has 0 saturated heterocycles. The van der Waals surface area contributed by atoms with Crippen molar-refractivity contribution in [2.75, 3.05) is 13.2 Å². The number of hydrogen-bond acceptors (Lipinski definition) is 3. The lowest BCUT2D eigenvalue weighted by Gasteiger charge is -2.17. The van der Waals surface area contributed by atoms with Gasteiger partial charge in [-0.2, -0.15) is 0 Å². The first-order chi connectivity index (χ1) is 6.04. The van der Waals surface area contributed by atoms with Crippen LogP contribution in [0.4, 0.5) is 0 Å². The Bertz CT molecular complexity index is 185. The third kappa shape index (κ3) is 4.68. The number of nitrogens with two attached hydrogens (primary N) is 1. The quantitative estimate of drug-likeness (QED) is 0.521. The van der Waals surface area contributed by atoms with Crippen molar-refractivity contribution in [1.29, 1.82) is 0 Å². The molecular formula is C10H19NO2. The van der Waals surface area contributed by atoms with Gasteiger partial charge in [0.1, 0.15) is 0 Å². The number of carbonyl (C=O) groups is 1. The molecule has 13 heavy (non-hydrogen) atoms. The molecule has 0 unspecified atom stereocenters. The molecule has 76 valence electrons. The molecule has 0 saturated carbocycles. The second kappa shape index (κ2) is 5.75. The van der Waals surface area contributed by atoms with Gasteiger partial charge in [-0.1, -0.05) is 12.2 Å². The van der Waals surface area contributed by atoms with Gasteiger partial charge in [0.2, 0.25) is 0 Å². The molecule has 0 aromatic carbocycles. The maximum absolute atomic E-state index is 11.4. The number of rotatable bonds is 5. The van der Waals surface area contributed by atoms with Crippen LogP contribution in [0, 0.1) is 5.41 Å². The minimum Gasteiger partial charge on any atom is -0.465 e. The summed E-state index contributed by atoms with van der Waals surface area (Å²) in [6.07, 6.45) is 4.55. The summed E-state index contributed by atoms with van der Waals surface area (Å²) >= 11 is 0. The molecule has 0 heterocycles. The minimum absolute atomic E-state index is 0.191. The van der Waals surface area contributed by atoms with Crippen molar-refractivity contribution < 1.29 is 9.53 Å². The smallest absolute Gasteiger partial charge is 0.315 e. The van der Waals surface area contributed by atoms with E-state index in [-0.39, 0.29) is 5.97 Å². The first kappa shape index (κ1) is 12.2. The van der Waals surface area contributed by atoms with Crippen LogP contribution in [-0.4, -0.2) is 19.1 Å². The van der Waals surface area contributed by atoms with E-state index < -0.39 is 5.41 Å². The van der Waals surface area contributed by atoms with Crippen LogP contribution < -0.4 is 5.73 Å². The van der Waals surface area contributed by atoms with E-state index in [2.05, 4.69) is 0 Å². The summed E-state index contributed by atoms with van der Waals surface area (Å²) in [5.41, 5.74) is 4.79. The molecule has 0 aromatic heterocycles. The van der Waals surface area contributed by atoms with E-state index in [4.69, 9.17) is 10.5 Å². The number of ether oxygens (including phenoxy) is 1. The zero-order chi connectivity index (χ0) is 10.3. The Morgan fingerprint density at radius 2 is 2.15 bits per heavy atom. The highest BCUT2D eigenvalue weighted by Gasteiger charge is 2.25. The second-order valence-corrected chi connectivity index (χ2v) is 3.42. The molecule has 0 aliphatic carbocycles. The molecule has 0 fully saturated rings. The van der Waals surface area contributed by atoms with Crippen molar-refractivity contribution in [2.24, 2.45) is 11.1 Å². The molecule has 0 amide bonds. The van der Waals surface area contributed by atoms with Crippen LogP contribution in [-0.2, 0) is 9.53 Å². The van der Waals surface area contributed by atoms with Crippen LogP contribution in [0.1, 0.15) is 27.2 Å². The highest BCUT2D eigenvalue weighted by Crippen LogP contribution is 2.19. The summed E-state index contributed by atoms with van der Waals surface area (Å²) in [5, 5.41) is 0. The van der Waals surface area contributed by atoms with Crippen molar-refractivity contribution >= 4 is 5.97 Å². The van der Waals surface area contributed by atoms with Crippen LogP contribution in [0.15, 0.2) is 12.2 Å². The van der Waals surface area contributed by atoms with Crippen LogP contribution >= 0.6 is 0 Å². The summed E-state index contributed by atoms with van der Waals surface area (Å²) in [4.78, 5) is 11.4. The van der Waals surface area contributed by atoms with Crippen LogP contribution in [0.3, 0.4) is 0 Å². The Morgan fingerprint density at radius 1 is 1.54 bits per heavy atom. The van der Waals surface area contributed by atoms with Gasteiger partial charge in [0.05, 0.1) is 12.0 Å². The topological polar surface area (TPSA) is 52.3 Å². The fourth-order valence-corrected chi connectivity index (χ4v) is 0.859. The van der Waals surface area contributed by atoms with Gasteiger partial charge in [0, 0.05) is 0 Å². The Morgan fingerprint density at radius 3 is 2.62 bits per heavy atom. The zero-order valence-corrected chi connectivity index (χ0v) is 8.67. The highest BCUT2D eigenvalue weighted by atomic mass is 16.5. The first-order valence-electron chi connectivity index (χ1n) is 4.59. The molecule has 3 heteroatoms. The summed E-state index contributed by atoms with van der Waals surface area (Å²) in [6.45, 7) is 6.50. The number of carbonyl (C=O) groups excluding carboxylic acids is 1. The predicted molar refractivity (Wildman–Crippen MR) is 53.2 cm³/mol. The van der Waals surface area contributed by atoms with Crippen LogP contribution in [0.25, 0.3) is 0 Å². The highest BCUT2D eigenvalue weighted by molar-refractivity contribution is 5.78. The molecule has 0 aromatic rings. The van der Waals surface area contributed by atoms with Crippen molar-refractivity contribution in [2.45, 2.75) is 27.2 Å². The van der Waals surface area contributed by atoms with Crippen molar-refractivity contribution in [3.05, 3.63) is 12.2 Å². The number of hydrogen-bond donors (Lipinski definition) is 1. The van der Waals surface area contributed by atoms with Gasteiger partial charge in [-0.05, 0) is 33.7 Å². The average Bonchev–Trinajstić information content (AvgIpc) is 2.05. The van der Waals surface area contributed by atoms with Gasteiger partial charge in [0.15, 0.2) is 0 Å². The molecule has 0 aliphatic rings. The van der Waals surface area contributed by atoms with Gasteiger partial charge in [-0.15, -0.1) is 0 Å². The first-order valence-corrected chi connectivity index (χ1v) is 4.59. The Kier molecular flexibility index (Phi) is 5.39. The van der Waals surface area contributed by atoms with E-state index in [1.807, 2.05) is 26.0 Å². The molecule has 0 rings (SSSR count). The van der Waals surface area contributed by atoms with Gasteiger partial charge in [-0.3, -0.25) is 4.79 Å². The maximum atomic E-state index is 11.4. The molecule has 3 nitrogen and oxygen atoms in total. The van der Waals surface area contributed by atoms with Crippen molar-refractivity contribution in [3.8, 4) is 0 Å². The lowest BCUT2D eigenvalue weighted by Crippen LogP contribution is -2.24. The number of esters is 1. The SMILES string of the molecule is CCOC(=O)C(C)(C)/C=C\CCN. The Labute approximate surface area is 79.9 Å². The molecule has 2 N–H and O–H groups in total. The monoisotopic (exact) mass is 185 g/mol. The Hall–Kier alpha value is -0.830. The van der Waals surface area contributed by atoms with E-state index >= 15 is 0 Å². The van der Waals surface area contributed by atoms with E-state index in [1.165, 1.54) is 0 Å². The summed E-state index contributed by atoms with van der Waals surface area (Å²) in [6, 6.07) is 0. The van der Waals surface area contributed by atoms with Crippen molar-refractivity contribution in [1.82, 2.24) is 0 Å². The predicted octanol–water partition coefficient (Wildman–Crippen LogP) is 1.48. The van der Waals surface area contributed by atoms with E-state index in [1.54, 1.807) is 6.92 Å². The van der Waals surface area contributed by atoms with Crippen LogP contribution in [0.2, 0.25) is 0 Å². The summed E-state index contributed by atoms with van der Waals surface area (Å²) in [5.74, 6) is -0.191. The van der Waals surface area contributed by atoms with Crippen LogP contribution in [0.5, 0.6) is 0 Å². The Balaban J connectivity index is 4.12. The largest absolute Gasteiger partial charge is 0.465 e. The molecular weight excluding hydrogens is 166 g/mol. The molecule has 0 spiro atoms. The molecule has 0 aliphatic heterocycles. The average molecular weight is 185 g/mol. The van der Waals surface area contributed by atoms with Crippen molar-refractivity contribution in [3.63, 3.8) is 0 Å². The van der Waals surface area contributed by atoms with E-state index in [0.717, 1.165) is 6.42 Å². The lowest BCUT2D eigenvalue weighted by atomic mass is 9.93. The van der Waals surface area contributed by atoms with Gasteiger partial charge < -0.3 is 10.5 Å². The third-order valence-electron chi connectivity index (χ3n) is 1.67. The fourth-order valence-electron chi connectivity index (χ4n) is 0.859. The minimum atomic E-state index is -0.537. The van der Waals surface area contributed by atoms with E-state index in [9.17, 15) is 4.79 Å². The summed E-state index contributed by atoms with van der Waals surface area (Å²) in [7, 11) is 0. The molecule has 0 bridgehead atoms. The lowest BCUT2D eigenvalue weighted by molar-refractivity contribution is -0.150. The second-order valence-electron chi connectivity index (χ2n) is 3.42. The third-order valence-corrected chi connectivity index (χ3v) is 1.67. The van der Waals surface area contributed by atoms with Gasteiger partial charge in [0.25, 0.3) is 0 Å². The summed E-state index contributed by atoms with van der Waals surface area (Å²) < 4.78 is 4.92. The standard InChI is InChI=1S/C10H19NO2/c1-4-13-9(12)10(2,3)7-5-6-8-11/h5,7H,4,6,8,11H2,1-3H3/b7-5-.